The Morgan fingerprint density at radius 3 is 2.52 bits per heavy atom. The lowest BCUT2D eigenvalue weighted by Crippen LogP contribution is -2.27. The molecule has 1 atom stereocenters. The SMILES string of the molecule is Fc1cccc(F)c1-c1ccc(CNC2CCCc3c(C4CC4)ccnc32)nc1. The first kappa shape index (κ1) is 18.4. The molecule has 1 unspecified atom stereocenters. The van der Waals surface area contributed by atoms with Crippen LogP contribution in [0.25, 0.3) is 11.1 Å². The quantitative estimate of drug-likeness (QED) is 0.627. The number of benzene rings is 1. The molecule has 1 aromatic carbocycles. The summed E-state index contributed by atoms with van der Waals surface area (Å²) in [7, 11) is 0. The summed E-state index contributed by atoms with van der Waals surface area (Å²) in [5, 5.41) is 3.59. The third-order valence-electron chi connectivity index (χ3n) is 6.00. The van der Waals surface area contributed by atoms with Gasteiger partial charge in [-0.2, -0.15) is 0 Å². The number of nitrogens with one attached hydrogen (secondary N) is 1. The van der Waals surface area contributed by atoms with E-state index in [1.807, 2.05) is 12.3 Å². The molecule has 0 saturated heterocycles. The number of nitrogens with zero attached hydrogens (tertiary/aromatic N) is 2. The van der Waals surface area contributed by atoms with Crippen LogP contribution in [-0.4, -0.2) is 9.97 Å². The fraction of sp³-hybridized carbons (Fsp3) is 0.333. The van der Waals surface area contributed by atoms with Crippen molar-refractivity contribution in [3.63, 3.8) is 0 Å². The second-order valence-corrected chi connectivity index (χ2v) is 8.00. The van der Waals surface area contributed by atoms with E-state index in [-0.39, 0.29) is 11.6 Å². The maximum Gasteiger partial charge on any atom is 0.134 e. The number of hydrogen-bond acceptors (Lipinski definition) is 3. The van der Waals surface area contributed by atoms with Gasteiger partial charge >= 0.3 is 0 Å². The minimum Gasteiger partial charge on any atom is -0.303 e. The maximum absolute atomic E-state index is 14.0. The summed E-state index contributed by atoms with van der Waals surface area (Å²) >= 11 is 0. The zero-order valence-electron chi connectivity index (χ0n) is 16.2. The predicted molar refractivity (Wildman–Crippen MR) is 108 cm³/mol. The molecule has 1 fully saturated rings. The summed E-state index contributed by atoms with van der Waals surface area (Å²) in [5.74, 6) is -0.415. The van der Waals surface area contributed by atoms with Gasteiger partial charge in [-0.1, -0.05) is 12.1 Å². The Balaban J connectivity index is 1.31. The topological polar surface area (TPSA) is 37.8 Å². The van der Waals surface area contributed by atoms with Gasteiger partial charge in [0.25, 0.3) is 0 Å². The van der Waals surface area contributed by atoms with Crippen molar-refractivity contribution in [1.29, 1.82) is 0 Å². The molecule has 3 aromatic rings. The third-order valence-corrected chi connectivity index (χ3v) is 6.00. The van der Waals surface area contributed by atoms with E-state index >= 15 is 0 Å². The molecule has 1 N–H and O–H groups in total. The molecule has 0 spiro atoms. The molecule has 2 aliphatic rings. The number of rotatable bonds is 5. The average Bonchev–Trinajstić information content (AvgIpc) is 3.58. The lowest BCUT2D eigenvalue weighted by atomic mass is 9.87. The zero-order chi connectivity index (χ0) is 19.8. The van der Waals surface area contributed by atoms with Gasteiger partial charge in [-0.3, -0.25) is 9.97 Å². The minimum atomic E-state index is -0.575. The first-order chi connectivity index (χ1) is 14.2. The van der Waals surface area contributed by atoms with Crippen LogP contribution in [0.4, 0.5) is 8.78 Å². The van der Waals surface area contributed by atoms with Gasteiger partial charge in [0.15, 0.2) is 0 Å². The highest BCUT2D eigenvalue weighted by atomic mass is 19.1. The molecule has 5 heteroatoms. The van der Waals surface area contributed by atoms with E-state index in [9.17, 15) is 8.78 Å². The van der Waals surface area contributed by atoms with Crippen LogP contribution in [0, 0.1) is 11.6 Å². The summed E-state index contributed by atoms with van der Waals surface area (Å²) in [6, 6.07) is 9.86. The molecule has 5 rings (SSSR count). The highest BCUT2D eigenvalue weighted by Gasteiger charge is 2.30. The highest BCUT2D eigenvalue weighted by molar-refractivity contribution is 5.63. The Labute approximate surface area is 169 Å². The molecule has 148 valence electrons. The van der Waals surface area contributed by atoms with Crippen LogP contribution >= 0.6 is 0 Å². The molecule has 1 saturated carbocycles. The third kappa shape index (κ3) is 3.67. The van der Waals surface area contributed by atoms with Crippen molar-refractivity contribution in [2.45, 2.75) is 50.6 Å². The summed E-state index contributed by atoms with van der Waals surface area (Å²) < 4.78 is 28.0. The smallest absolute Gasteiger partial charge is 0.134 e. The normalized spacial score (nSPS) is 18.5. The van der Waals surface area contributed by atoms with E-state index in [4.69, 9.17) is 4.98 Å². The molecule has 2 heterocycles. The second-order valence-electron chi connectivity index (χ2n) is 8.00. The van der Waals surface area contributed by atoms with E-state index in [2.05, 4.69) is 16.4 Å². The summed E-state index contributed by atoms with van der Waals surface area (Å²) in [4.78, 5) is 9.11. The number of halogens is 2. The predicted octanol–water partition coefficient (Wildman–Crippen LogP) is 5.47. The fourth-order valence-electron chi connectivity index (χ4n) is 4.37. The largest absolute Gasteiger partial charge is 0.303 e. The summed E-state index contributed by atoms with van der Waals surface area (Å²) in [5.41, 5.74) is 5.38. The van der Waals surface area contributed by atoms with Crippen molar-refractivity contribution in [3.05, 3.63) is 82.9 Å². The monoisotopic (exact) mass is 391 g/mol. The molecule has 2 aliphatic carbocycles. The number of aromatic nitrogens is 2. The van der Waals surface area contributed by atoms with Crippen LogP contribution in [0.1, 0.15) is 60.2 Å². The van der Waals surface area contributed by atoms with Crippen molar-refractivity contribution >= 4 is 0 Å². The van der Waals surface area contributed by atoms with Crippen LogP contribution in [0.2, 0.25) is 0 Å². The summed E-state index contributed by atoms with van der Waals surface area (Å²) in [6.45, 7) is 0.597. The van der Waals surface area contributed by atoms with Crippen molar-refractivity contribution in [3.8, 4) is 11.1 Å². The van der Waals surface area contributed by atoms with Gasteiger partial charge in [-0.15, -0.1) is 0 Å². The van der Waals surface area contributed by atoms with Crippen LogP contribution in [0.15, 0.2) is 48.8 Å². The number of hydrogen-bond donors (Lipinski definition) is 1. The molecule has 0 bridgehead atoms. The van der Waals surface area contributed by atoms with Gasteiger partial charge in [0, 0.05) is 24.5 Å². The average molecular weight is 391 g/mol. The van der Waals surface area contributed by atoms with Crippen molar-refractivity contribution in [2.75, 3.05) is 0 Å². The molecule has 29 heavy (non-hydrogen) atoms. The van der Waals surface area contributed by atoms with Crippen molar-refractivity contribution in [1.82, 2.24) is 15.3 Å². The van der Waals surface area contributed by atoms with E-state index in [1.165, 1.54) is 54.1 Å². The van der Waals surface area contributed by atoms with Gasteiger partial charge in [0.05, 0.1) is 23.0 Å². The van der Waals surface area contributed by atoms with Crippen LogP contribution in [0.3, 0.4) is 0 Å². The number of fused-ring (bicyclic) bond motifs is 1. The Bertz CT molecular complexity index is 1010. The zero-order valence-corrected chi connectivity index (χ0v) is 16.2. The molecular formula is C24H23F2N3. The van der Waals surface area contributed by atoms with Gasteiger partial charge in [0.1, 0.15) is 11.6 Å². The van der Waals surface area contributed by atoms with Crippen LogP contribution < -0.4 is 5.32 Å². The van der Waals surface area contributed by atoms with Gasteiger partial charge < -0.3 is 5.32 Å². The highest BCUT2D eigenvalue weighted by Crippen LogP contribution is 2.44. The Morgan fingerprint density at radius 2 is 1.79 bits per heavy atom. The molecule has 0 amide bonds. The lowest BCUT2D eigenvalue weighted by Gasteiger charge is -2.27. The van der Waals surface area contributed by atoms with Crippen molar-refractivity contribution < 1.29 is 8.78 Å². The first-order valence-corrected chi connectivity index (χ1v) is 10.3. The van der Waals surface area contributed by atoms with E-state index in [0.717, 1.165) is 30.9 Å². The minimum absolute atomic E-state index is 0.0301. The van der Waals surface area contributed by atoms with Gasteiger partial charge in [-0.05, 0) is 73.4 Å². The maximum atomic E-state index is 14.0. The van der Waals surface area contributed by atoms with Gasteiger partial charge in [0.2, 0.25) is 0 Å². The Hall–Kier alpha value is -2.66. The number of pyridine rings is 2. The van der Waals surface area contributed by atoms with Crippen molar-refractivity contribution in [2.24, 2.45) is 0 Å². The Morgan fingerprint density at radius 1 is 0.966 bits per heavy atom. The van der Waals surface area contributed by atoms with Crippen LogP contribution in [-0.2, 0) is 13.0 Å². The molecule has 0 radical (unpaired) electrons. The molecule has 0 aliphatic heterocycles. The lowest BCUT2D eigenvalue weighted by molar-refractivity contribution is 0.443. The van der Waals surface area contributed by atoms with E-state index < -0.39 is 11.6 Å². The summed E-state index contributed by atoms with van der Waals surface area (Å²) in [6.07, 6.45) is 9.43. The van der Waals surface area contributed by atoms with Crippen LogP contribution in [0.5, 0.6) is 0 Å². The molecule has 3 nitrogen and oxygen atoms in total. The van der Waals surface area contributed by atoms with Gasteiger partial charge in [-0.25, -0.2) is 8.78 Å². The Kier molecular flexibility index (Phi) is 4.84. The van der Waals surface area contributed by atoms with E-state index in [0.29, 0.717) is 12.1 Å². The molecule has 2 aromatic heterocycles. The second kappa shape index (κ2) is 7.64. The molecular weight excluding hydrogens is 368 g/mol. The standard InChI is InChI=1S/C24H23F2N3/c25-20-4-2-5-21(26)23(20)16-9-10-17(28-13-16)14-29-22-6-1-3-19-18(15-7-8-15)11-12-27-24(19)22/h2,4-5,9-13,15,22,29H,1,3,6-8,14H2. The first-order valence-electron chi connectivity index (χ1n) is 10.3. The fourth-order valence-corrected chi connectivity index (χ4v) is 4.37. The van der Waals surface area contributed by atoms with E-state index in [1.54, 1.807) is 6.07 Å².